The van der Waals surface area contributed by atoms with Gasteiger partial charge in [0.2, 0.25) is 0 Å². The van der Waals surface area contributed by atoms with Gasteiger partial charge in [0, 0.05) is 35.0 Å². The summed E-state index contributed by atoms with van der Waals surface area (Å²) in [7, 11) is -0.844. The maximum absolute atomic E-state index is 10.9. The van der Waals surface area contributed by atoms with Gasteiger partial charge in [0.25, 0.3) is 0 Å². The van der Waals surface area contributed by atoms with Gasteiger partial charge in [0.15, 0.2) is 0 Å². The Morgan fingerprint density at radius 2 is 2.35 bits per heavy atom. The number of hydrogen-bond donors (Lipinski definition) is 1. The molecule has 0 aliphatic carbocycles. The Kier molecular flexibility index (Phi) is 5.02. The Morgan fingerprint density at radius 1 is 1.65 bits per heavy atom. The Morgan fingerprint density at radius 3 is 2.94 bits per heavy atom. The molecule has 1 aromatic rings. The van der Waals surface area contributed by atoms with Crippen molar-refractivity contribution >= 4 is 22.2 Å². The Labute approximate surface area is 102 Å². The molecule has 0 aliphatic heterocycles. The summed E-state index contributed by atoms with van der Waals surface area (Å²) in [5, 5.41) is 13.8. The highest BCUT2D eigenvalue weighted by molar-refractivity contribution is 7.84. The summed E-state index contributed by atoms with van der Waals surface area (Å²) in [4.78, 5) is 14.0. The largest absolute Gasteiger partial charge is 0.377 e. The number of anilines is 1. The van der Waals surface area contributed by atoms with Gasteiger partial charge in [-0.2, -0.15) is 0 Å². The molecule has 0 fully saturated rings. The van der Waals surface area contributed by atoms with E-state index in [1.165, 1.54) is 12.4 Å². The van der Waals surface area contributed by atoms with Crippen LogP contribution in [0.5, 0.6) is 0 Å². The fourth-order valence-electron chi connectivity index (χ4n) is 1.33. The van der Waals surface area contributed by atoms with Crippen molar-refractivity contribution in [3.63, 3.8) is 0 Å². The maximum Gasteiger partial charge on any atom is 0.310 e. The van der Waals surface area contributed by atoms with E-state index in [1.807, 2.05) is 6.92 Å². The maximum atomic E-state index is 10.9. The van der Waals surface area contributed by atoms with E-state index in [9.17, 15) is 14.3 Å². The van der Waals surface area contributed by atoms with E-state index in [2.05, 4.69) is 10.3 Å². The SMILES string of the molecule is CC(CCS(C)=O)Nc1ccncc1[N+](=O)[O-]. The van der Waals surface area contributed by atoms with Crippen molar-refractivity contribution < 1.29 is 9.13 Å². The van der Waals surface area contributed by atoms with Gasteiger partial charge >= 0.3 is 5.69 Å². The summed E-state index contributed by atoms with van der Waals surface area (Å²) in [5.41, 5.74) is 0.399. The molecule has 0 spiro atoms. The number of nitro groups is 1. The van der Waals surface area contributed by atoms with Crippen LogP contribution in [0.2, 0.25) is 0 Å². The topological polar surface area (TPSA) is 85.1 Å². The van der Waals surface area contributed by atoms with E-state index >= 15 is 0 Å². The second-order valence-corrected chi connectivity index (χ2v) is 5.32. The molecule has 17 heavy (non-hydrogen) atoms. The highest BCUT2D eigenvalue weighted by Crippen LogP contribution is 2.22. The molecule has 0 aliphatic rings. The first kappa shape index (κ1) is 13.6. The molecule has 2 atom stereocenters. The first-order valence-corrected chi connectivity index (χ1v) is 6.88. The second kappa shape index (κ2) is 6.29. The highest BCUT2D eigenvalue weighted by Gasteiger charge is 2.14. The number of nitrogens with zero attached hydrogens (tertiary/aromatic N) is 2. The highest BCUT2D eigenvalue weighted by atomic mass is 32.2. The summed E-state index contributed by atoms with van der Waals surface area (Å²) in [6, 6.07) is 1.59. The quantitative estimate of drug-likeness (QED) is 0.617. The normalized spacial score (nSPS) is 14.0. The van der Waals surface area contributed by atoms with Gasteiger partial charge < -0.3 is 5.32 Å². The van der Waals surface area contributed by atoms with Gasteiger partial charge in [-0.15, -0.1) is 0 Å². The molecule has 1 heterocycles. The zero-order valence-electron chi connectivity index (χ0n) is 9.75. The molecule has 0 radical (unpaired) electrons. The molecule has 1 aromatic heterocycles. The first-order valence-electron chi connectivity index (χ1n) is 5.15. The molecule has 6 nitrogen and oxygen atoms in total. The molecule has 0 aromatic carbocycles. The summed E-state index contributed by atoms with van der Waals surface area (Å²) in [5.74, 6) is 0.576. The molecule has 1 rings (SSSR count). The summed E-state index contributed by atoms with van der Waals surface area (Å²) >= 11 is 0. The third-order valence-corrected chi connectivity index (χ3v) is 3.05. The molecule has 2 unspecified atom stereocenters. The minimum absolute atomic E-state index is 0.0278. The molecule has 0 saturated heterocycles. The number of hydrogen-bond acceptors (Lipinski definition) is 5. The van der Waals surface area contributed by atoms with Crippen LogP contribution < -0.4 is 5.32 Å². The van der Waals surface area contributed by atoms with Crippen molar-refractivity contribution in [2.75, 3.05) is 17.3 Å². The standard InChI is InChI=1S/C10H15N3O3S/c1-8(4-6-17(2)16)12-9-3-5-11-7-10(9)13(14)15/h3,5,7-8H,4,6H2,1-2H3,(H,11,12). The van der Waals surface area contributed by atoms with Gasteiger partial charge in [-0.25, -0.2) is 0 Å². The minimum Gasteiger partial charge on any atom is -0.377 e. The van der Waals surface area contributed by atoms with Crippen LogP contribution in [0.25, 0.3) is 0 Å². The molecule has 0 saturated carbocycles. The van der Waals surface area contributed by atoms with Gasteiger partial charge in [-0.3, -0.25) is 19.3 Å². The molecular formula is C10H15N3O3S. The van der Waals surface area contributed by atoms with Crippen molar-refractivity contribution in [2.24, 2.45) is 0 Å². The Balaban J connectivity index is 2.67. The van der Waals surface area contributed by atoms with Crippen molar-refractivity contribution in [3.8, 4) is 0 Å². The van der Waals surface area contributed by atoms with Crippen LogP contribution in [0.4, 0.5) is 11.4 Å². The van der Waals surface area contributed by atoms with Crippen LogP contribution in [0, 0.1) is 10.1 Å². The predicted octanol–water partition coefficient (Wildman–Crippen LogP) is 1.56. The molecule has 1 N–H and O–H groups in total. The fraction of sp³-hybridized carbons (Fsp3) is 0.500. The monoisotopic (exact) mass is 257 g/mol. The van der Waals surface area contributed by atoms with Crippen LogP contribution >= 0.6 is 0 Å². The molecule has 7 heteroatoms. The fourth-order valence-corrected chi connectivity index (χ4v) is 2.02. The van der Waals surface area contributed by atoms with E-state index in [1.54, 1.807) is 12.3 Å². The molecule has 0 amide bonds. The zero-order valence-corrected chi connectivity index (χ0v) is 10.6. The van der Waals surface area contributed by atoms with Crippen LogP contribution in [-0.2, 0) is 10.8 Å². The van der Waals surface area contributed by atoms with Gasteiger partial charge in [-0.1, -0.05) is 0 Å². The lowest BCUT2D eigenvalue weighted by Gasteiger charge is -2.14. The van der Waals surface area contributed by atoms with Crippen LogP contribution in [0.3, 0.4) is 0 Å². The van der Waals surface area contributed by atoms with E-state index in [-0.39, 0.29) is 11.7 Å². The Hall–Kier alpha value is -1.50. The minimum atomic E-state index is -0.844. The summed E-state index contributed by atoms with van der Waals surface area (Å²) in [6.07, 6.45) is 5.05. The smallest absolute Gasteiger partial charge is 0.310 e. The lowest BCUT2D eigenvalue weighted by Crippen LogP contribution is -2.18. The van der Waals surface area contributed by atoms with Crippen molar-refractivity contribution in [1.82, 2.24) is 4.98 Å². The lowest BCUT2D eigenvalue weighted by atomic mass is 10.2. The molecular weight excluding hydrogens is 242 g/mol. The number of nitrogens with one attached hydrogen (secondary N) is 1. The van der Waals surface area contributed by atoms with Gasteiger partial charge in [-0.05, 0) is 19.4 Å². The number of aromatic nitrogens is 1. The average molecular weight is 257 g/mol. The summed E-state index contributed by atoms with van der Waals surface area (Å²) in [6.45, 7) is 1.90. The Bertz CT molecular complexity index is 425. The van der Waals surface area contributed by atoms with Crippen LogP contribution in [0.15, 0.2) is 18.5 Å². The molecule has 0 bridgehead atoms. The molecule has 94 valence electrons. The lowest BCUT2D eigenvalue weighted by molar-refractivity contribution is -0.384. The third-order valence-electron chi connectivity index (χ3n) is 2.24. The number of pyridine rings is 1. The van der Waals surface area contributed by atoms with E-state index < -0.39 is 15.7 Å². The predicted molar refractivity (Wildman–Crippen MR) is 67.5 cm³/mol. The van der Waals surface area contributed by atoms with Crippen molar-refractivity contribution in [1.29, 1.82) is 0 Å². The average Bonchev–Trinajstić information content (AvgIpc) is 2.27. The zero-order chi connectivity index (χ0) is 12.8. The third kappa shape index (κ3) is 4.48. The van der Waals surface area contributed by atoms with Crippen molar-refractivity contribution in [2.45, 2.75) is 19.4 Å². The van der Waals surface area contributed by atoms with Crippen molar-refractivity contribution in [3.05, 3.63) is 28.6 Å². The van der Waals surface area contributed by atoms with Gasteiger partial charge in [0.05, 0.1) is 4.92 Å². The van der Waals surface area contributed by atoms with E-state index in [0.717, 1.165) is 0 Å². The van der Waals surface area contributed by atoms with Gasteiger partial charge in [0.1, 0.15) is 11.9 Å². The second-order valence-electron chi connectivity index (χ2n) is 3.76. The first-order chi connectivity index (χ1) is 8.00. The van der Waals surface area contributed by atoms with Crippen LogP contribution in [0.1, 0.15) is 13.3 Å². The van der Waals surface area contributed by atoms with Crippen LogP contribution in [-0.4, -0.2) is 32.2 Å². The summed E-state index contributed by atoms with van der Waals surface area (Å²) < 4.78 is 10.9. The van der Waals surface area contributed by atoms with E-state index in [0.29, 0.717) is 17.9 Å². The van der Waals surface area contributed by atoms with E-state index in [4.69, 9.17) is 0 Å². The number of rotatable bonds is 6.